The number of nitrogens with zero attached hydrogens (tertiary/aromatic N) is 3. The number of piperidine rings is 1. The second-order valence-electron chi connectivity index (χ2n) is 4.16. The van der Waals surface area contributed by atoms with Gasteiger partial charge >= 0.3 is 0 Å². The lowest BCUT2D eigenvalue weighted by atomic mass is 10.0. The van der Waals surface area contributed by atoms with Gasteiger partial charge in [-0.1, -0.05) is 6.42 Å². The Balaban J connectivity index is 1.82. The molecule has 1 saturated heterocycles. The van der Waals surface area contributed by atoms with Crippen LogP contribution in [0.15, 0.2) is 24.7 Å². The number of hydrogen-bond donors (Lipinski definition) is 2. The van der Waals surface area contributed by atoms with E-state index in [4.69, 9.17) is 0 Å². The summed E-state index contributed by atoms with van der Waals surface area (Å²) in [5, 5.41) is 14.7. The van der Waals surface area contributed by atoms with Crippen molar-refractivity contribution in [1.82, 2.24) is 25.3 Å². The molecule has 0 aromatic carbocycles. The SMILES string of the molecule is c1cc(-n2cc([C@@H]3CCCCN3)cn2)[nH]n1. The van der Waals surface area contributed by atoms with E-state index in [1.807, 2.05) is 16.9 Å². The zero-order chi connectivity index (χ0) is 10.8. The van der Waals surface area contributed by atoms with E-state index < -0.39 is 0 Å². The van der Waals surface area contributed by atoms with Crippen LogP contribution in [-0.4, -0.2) is 26.5 Å². The van der Waals surface area contributed by atoms with Crippen LogP contribution in [0.5, 0.6) is 0 Å². The van der Waals surface area contributed by atoms with E-state index in [9.17, 15) is 0 Å². The van der Waals surface area contributed by atoms with Crippen LogP contribution in [-0.2, 0) is 0 Å². The Labute approximate surface area is 93.9 Å². The molecule has 0 aliphatic carbocycles. The molecule has 0 radical (unpaired) electrons. The van der Waals surface area contributed by atoms with Crippen LogP contribution in [0.1, 0.15) is 30.9 Å². The summed E-state index contributed by atoms with van der Waals surface area (Å²) < 4.78 is 1.83. The lowest BCUT2D eigenvalue weighted by Gasteiger charge is -2.21. The van der Waals surface area contributed by atoms with Gasteiger partial charge < -0.3 is 5.32 Å². The lowest BCUT2D eigenvalue weighted by molar-refractivity contribution is 0.412. The van der Waals surface area contributed by atoms with Crippen LogP contribution in [0.2, 0.25) is 0 Å². The van der Waals surface area contributed by atoms with E-state index in [-0.39, 0.29) is 0 Å². The molecule has 1 aliphatic heterocycles. The monoisotopic (exact) mass is 217 g/mol. The largest absolute Gasteiger partial charge is 0.310 e. The minimum Gasteiger partial charge on any atom is -0.310 e. The molecular weight excluding hydrogens is 202 g/mol. The summed E-state index contributed by atoms with van der Waals surface area (Å²) in [4.78, 5) is 0. The van der Waals surface area contributed by atoms with Gasteiger partial charge in [-0.25, -0.2) is 4.68 Å². The standard InChI is InChI=1S/C11H15N5/c1-2-5-12-10(3-1)9-7-14-16(8-9)11-4-6-13-15-11/h4,6-8,10,12H,1-3,5H2,(H,13,15)/t10-/m0/s1. The maximum Gasteiger partial charge on any atom is 0.149 e. The van der Waals surface area contributed by atoms with Gasteiger partial charge in [0.2, 0.25) is 0 Å². The lowest BCUT2D eigenvalue weighted by Crippen LogP contribution is -2.26. The Hall–Kier alpha value is -1.62. The van der Waals surface area contributed by atoms with Gasteiger partial charge in [-0.3, -0.25) is 5.10 Å². The molecule has 2 aromatic heterocycles. The Bertz CT molecular complexity index is 439. The summed E-state index contributed by atoms with van der Waals surface area (Å²) >= 11 is 0. The zero-order valence-corrected chi connectivity index (χ0v) is 9.06. The number of rotatable bonds is 2. The molecule has 0 amide bonds. The van der Waals surface area contributed by atoms with Gasteiger partial charge in [0.05, 0.1) is 12.4 Å². The van der Waals surface area contributed by atoms with Gasteiger partial charge in [0.25, 0.3) is 0 Å². The molecule has 3 heterocycles. The molecule has 84 valence electrons. The third kappa shape index (κ3) is 1.74. The first-order chi connectivity index (χ1) is 7.93. The Morgan fingerprint density at radius 3 is 3.12 bits per heavy atom. The van der Waals surface area contributed by atoms with Crippen molar-refractivity contribution in [2.24, 2.45) is 0 Å². The quantitative estimate of drug-likeness (QED) is 0.799. The highest BCUT2D eigenvalue weighted by atomic mass is 15.3. The second kappa shape index (κ2) is 4.09. The van der Waals surface area contributed by atoms with Crippen LogP contribution in [0.25, 0.3) is 5.82 Å². The first-order valence-corrected chi connectivity index (χ1v) is 5.71. The predicted molar refractivity (Wildman–Crippen MR) is 60.3 cm³/mol. The van der Waals surface area contributed by atoms with E-state index in [2.05, 4.69) is 26.8 Å². The van der Waals surface area contributed by atoms with Crippen LogP contribution in [0.4, 0.5) is 0 Å². The van der Waals surface area contributed by atoms with Gasteiger partial charge in [0.1, 0.15) is 5.82 Å². The minimum absolute atomic E-state index is 0.463. The number of aromatic nitrogens is 4. The maximum atomic E-state index is 4.34. The summed E-state index contributed by atoms with van der Waals surface area (Å²) in [6, 6.07) is 2.37. The normalized spacial score (nSPS) is 21.1. The maximum absolute atomic E-state index is 4.34. The van der Waals surface area contributed by atoms with E-state index in [0.29, 0.717) is 6.04 Å². The van der Waals surface area contributed by atoms with Crippen LogP contribution in [0.3, 0.4) is 0 Å². The van der Waals surface area contributed by atoms with E-state index in [0.717, 1.165) is 12.4 Å². The third-order valence-electron chi connectivity index (χ3n) is 3.05. The van der Waals surface area contributed by atoms with Crippen molar-refractivity contribution in [3.05, 3.63) is 30.2 Å². The van der Waals surface area contributed by atoms with E-state index in [1.165, 1.54) is 24.8 Å². The van der Waals surface area contributed by atoms with Crippen LogP contribution in [0, 0.1) is 0 Å². The summed E-state index contributed by atoms with van der Waals surface area (Å²) in [5.41, 5.74) is 1.26. The van der Waals surface area contributed by atoms with E-state index >= 15 is 0 Å². The molecule has 0 bridgehead atoms. The topological polar surface area (TPSA) is 58.5 Å². The Kier molecular flexibility index (Phi) is 2.46. The molecule has 2 N–H and O–H groups in total. The molecule has 1 aliphatic rings. The fourth-order valence-corrected chi connectivity index (χ4v) is 2.16. The van der Waals surface area contributed by atoms with Crippen LogP contribution < -0.4 is 5.32 Å². The molecule has 3 rings (SSSR count). The molecule has 1 fully saturated rings. The molecule has 0 spiro atoms. The number of aromatic amines is 1. The average molecular weight is 217 g/mol. The van der Waals surface area contributed by atoms with Gasteiger partial charge in [0.15, 0.2) is 0 Å². The Morgan fingerprint density at radius 1 is 1.38 bits per heavy atom. The molecule has 0 saturated carbocycles. The van der Waals surface area contributed by atoms with Crippen LogP contribution >= 0.6 is 0 Å². The van der Waals surface area contributed by atoms with Gasteiger partial charge in [-0.05, 0) is 19.4 Å². The van der Waals surface area contributed by atoms with Crippen molar-refractivity contribution in [2.45, 2.75) is 25.3 Å². The molecule has 0 unspecified atom stereocenters. The second-order valence-corrected chi connectivity index (χ2v) is 4.16. The van der Waals surface area contributed by atoms with Gasteiger partial charge in [-0.2, -0.15) is 10.2 Å². The third-order valence-corrected chi connectivity index (χ3v) is 3.05. The summed E-state index contributed by atoms with van der Waals surface area (Å²) in [6.07, 6.45) is 9.52. The molecule has 1 atom stereocenters. The fourth-order valence-electron chi connectivity index (χ4n) is 2.16. The summed E-state index contributed by atoms with van der Waals surface area (Å²) in [5.74, 6) is 0.905. The molecule has 5 heteroatoms. The van der Waals surface area contributed by atoms with Gasteiger partial charge in [0, 0.05) is 23.9 Å². The molecule has 5 nitrogen and oxygen atoms in total. The average Bonchev–Trinajstić information content (AvgIpc) is 3.01. The predicted octanol–water partition coefficient (Wildman–Crippen LogP) is 1.41. The number of hydrogen-bond acceptors (Lipinski definition) is 3. The van der Waals surface area contributed by atoms with Crippen molar-refractivity contribution in [3.8, 4) is 5.82 Å². The van der Waals surface area contributed by atoms with Crippen molar-refractivity contribution in [2.75, 3.05) is 6.54 Å². The van der Waals surface area contributed by atoms with Crippen molar-refractivity contribution >= 4 is 0 Å². The fraction of sp³-hybridized carbons (Fsp3) is 0.455. The highest BCUT2D eigenvalue weighted by molar-refractivity contribution is 5.21. The summed E-state index contributed by atoms with van der Waals surface area (Å²) in [6.45, 7) is 1.11. The molecule has 16 heavy (non-hydrogen) atoms. The highest BCUT2D eigenvalue weighted by Gasteiger charge is 2.16. The van der Waals surface area contributed by atoms with Gasteiger partial charge in [-0.15, -0.1) is 0 Å². The first kappa shape index (κ1) is 9.59. The van der Waals surface area contributed by atoms with E-state index in [1.54, 1.807) is 6.20 Å². The molecule has 2 aromatic rings. The zero-order valence-electron chi connectivity index (χ0n) is 9.06. The highest BCUT2D eigenvalue weighted by Crippen LogP contribution is 2.22. The smallest absolute Gasteiger partial charge is 0.149 e. The summed E-state index contributed by atoms with van der Waals surface area (Å²) in [7, 11) is 0. The van der Waals surface area contributed by atoms with Crippen molar-refractivity contribution in [3.63, 3.8) is 0 Å². The number of H-pyrrole nitrogens is 1. The Morgan fingerprint density at radius 2 is 2.38 bits per heavy atom. The van der Waals surface area contributed by atoms with Crippen molar-refractivity contribution < 1.29 is 0 Å². The minimum atomic E-state index is 0.463. The molecular formula is C11H15N5. The van der Waals surface area contributed by atoms with Crippen molar-refractivity contribution in [1.29, 1.82) is 0 Å². The number of nitrogens with one attached hydrogen (secondary N) is 2. The first-order valence-electron chi connectivity index (χ1n) is 5.71.